The molecule has 0 aliphatic heterocycles. The first-order chi connectivity index (χ1) is 14.8. The quantitative estimate of drug-likeness (QED) is 0.358. The van der Waals surface area contributed by atoms with E-state index >= 15 is 0 Å². The van der Waals surface area contributed by atoms with E-state index in [2.05, 4.69) is 29.1 Å². The summed E-state index contributed by atoms with van der Waals surface area (Å²) in [6.45, 7) is 8.58. The number of rotatable bonds is 9. The lowest BCUT2D eigenvalue weighted by Gasteiger charge is -2.13. The Morgan fingerprint density at radius 2 is 2.06 bits per heavy atom. The normalized spacial score (nSPS) is 13.2. The fraction of sp³-hybridized carbons (Fsp3) is 0.435. The summed E-state index contributed by atoms with van der Waals surface area (Å²) in [7, 11) is 1.61. The first-order valence-electron chi connectivity index (χ1n) is 10.4. The largest absolute Gasteiger partial charge is 0.496 e. The zero-order valence-electron chi connectivity index (χ0n) is 18.6. The van der Waals surface area contributed by atoms with Gasteiger partial charge in [0.25, 0.3) is 5.56 Å². The SMILES string of the molecule is CCC(C)Cc1c(C)sc2nc(SC(C)C(=O)NCc3ccccc3OC)[nH]c(=O)c12. The van der Waals surface area contributed by atoms with E-state index in [1.807, 2.05) is 31.2 Å². The van der Waals surface area contributed by atoms with Gasteiger partial charge in [-0.2, -0.15) is 0 Å². The molecule has 0 saturated carbocycles. The van der Waals surface area contributed by atoms with E-state index in [9.17, 15) is 9.59 Å². The summed E-state index contributed by atoms with van der Waals surface area (Å²) in [6.07, 6.45) is 1.94. The van der Waals surface area contributed by atoms with Gasteiger partial charge in [-0.3, -0.25) is 9.59 Å². The lowest BCUT2D eigenvalue weighted by Crippen LogP contribution is -2.30. The van der Waals surface area contributed by atoms with Gasteiger partial charge in [0, 0.05) is 17.0 Å². The second-order valence-corrected chi connectivity index (χ2v) is 10.2. The maximum absolute atomic E-state index is 12.8. The maximum atomic E-state index is 12.8. The van der Waals surface area contributed by atoms with E-state index in [0.29, 0.717) is 23.0 Å². The van der Waals surface area contributed by atoms with Crippen molar-refractivity contribution in [1.82, 2.24) is 15.3 Å². The summed E-state index contributed by atoms with van der Waals surface area (Å²) in [4.78, 5) is 34.8. The minimum Gasteiger partial charge on any atom is -0.496 e. The van der Waals surface area contributed by atoms with Crippen LogP contribution in [0.2, 0.25) is 0 Å². The fourth-order valence-corrected chi connectivity index (χ4v) is 5.28. The Morgan fingerprint density at radius 3 is 2.77 bits per heavy atom. The molecule has 0 fully saturated rings. The topological polar surface area (TPSA) is 84.1 Å². The Balaban J connectivity index is 1.72. The Labute approximate surface area is 190 Å². The van der Waals surface area contributed by atoms with Gasteiger partial charge in [-0.1, -0.05) is 50.2 Å². The molecule has 3 aromatic rings. The molecule has 2 atom stereocenters. The molecule has 31 heavy (non-hydrogen) atoms. The van der Waals surface area contributed by atoms with Crippen LogP contribution in [-0.2, 0) is 17.8 Å². The molecule has 2 N–H and O–H groups in total. The van der Waals surface area contributed by atoms with E-state index in [0.717, 1.165) is 39.4 Å². The third-order valence-electron chi connectivity index (χ3n) is 5.39. The predicted molar refractivity (Wildman–Crippen MR) is 128 cm³/mol. The van der Waals surface area contributed by atoms with Crippen LogP contribution in [0.5, 0.6) is 5.75 Å². The number of thiophene rings is 1. The van der Waals surface area contributed by atoms with Gasteiger partial charge in [-0.05, 0) is 37.8 Å². The monoisotopic (exact) mass is 459 g/mol. The minimum absolute atomic E-state index is 0.126. The minimum atomic E-state index is -0.407. The molecule has 0 radical (unpaired) electrons. The number of thioether (sulfide) groups is 1. The van der Waals surface area contributed by atoms with Crippen molar-refractivity contribution in [1.29, 1.82) is 0 Å². The molecule has 0 aliphatic rings. The molecule has 2 aromatic heterocycles. The van der Waals surface area contributed by atoms with Crippen molar-refractivity contribution in [3.63, 3.8) is 0 Å². The first-order valence-corrected chi connectivity index (χ1v) is 12.1. The van der Waals surface area contributed by atoms with Crippen LogP contribution < -0.4 is 15.6 Å². The highest BCUT2D eigenvalue weighted by Gasteiger charge is 2.20. The fourth-order valence-electron chi connectivity index (χ4n) is 3.35. The van der Waals surface area contributed by atoms with Crippen LogP contribution in [0, 0.1) is 12.8 Å². The smallest absolute Gasteiger partial charge is 0.260 e. The van der Waals surface area contributed by atoms with Gasteiger partial charge in [-0.15, -0.1) is 11.3 Å². The lowest BCUT2D eigenvalue weighted by molar-refractivity contribution is -0.120. The van der Waals surface area contributed by atoms with Crippen molar-refractivity contribution < 1.29 is 9.53 Å². The molecular weight excluding hydrogens is 430 g/mol. The summed E-state index contributed by atoms with van der Waals surface area (Å²) in [6, 6.07) is 7.58. The highest BCUT2D eigenvalue weighted by molar-refractivity contribution is 8.00. The number of amides is 1. The van der Waals surface area contributed by atoms with Gasteiger partial charge in [0.1, 0.15) is 10.6 Å². The number of fused-ring (bicyclic) bond motifs is 1. The van der Waals surface area contributed by atoms with E-state index < -0.39 is 5.25 Å². The number of aromatic nitrogens is 2. The number of H-pyrrole nitrogens is 1. The standard InChI is InChI=1S/C23H29N3O3S2/c1-6-13(2)11-17-14(3)30-22-19(17)21(28)25-23(26-22)31-15(4)20(27)24-12-16-9-7-8-10-18(16)29-5/h7-10,13,15H,6,11-12H2,1-5H3,(H,24,27)(H,25,26,28). The van der Waals surface area contributed by atoms with Crippen LogP contribution >= 0.6 is 23.1 Å². The number of ether oxygens (including phenoxy) is 1. The average molecular weight is 460 g/mol. The molecule has 166 valence electrons. The Bertz CT molecular complexity index is 1120. The van der Waals surface area contributed by atoms with Gasteiger partial charge in [-0.25, -0.2) is 4.98 Å². The van der Waals surface area contributed by atoms with Gasteiger partial charge >= 0.3 is 0 Å². The number of hydrogen-bond acceptors (Lipinski definition) is 6. The average Bonchev–Trinajstić information content (AvgIpc) is 3.07. The van der Waals surface area contributed by atoms with Gasteiger partial charge in [0.15, 0.2) is 5.16 Å². The zero-order valence-corrected chi connectivity index (χ0v) is 20.2. The number of methoxy groups -OCH3 is 1. The van der Waals surface area contributed by atoms with Crippen LogP contribution in [0.1, 0.15) is 43.2 Å². The van der Waals surface area contributed by atoms with Crippen molar-refractivity contribution in [2.75, 3.05) is 7.11 Å². The molecule has 3 rings (SSSR count). The number of nitrogens with zero attached hydrogens (tertiary/aromatic N) is 1. The number of benzene rings is 1. The number of carbonyl (C=O) groups excluding carboxylic acids is 1. The van der Waals surface area contributed by atoms with Crippen LogP contribution in [0.4, 0.5) is 0 Å². The number of hydrogen-bond donors (Lipinski definition) is 2. The summed E-state index contributed by atoms with van der Waals surface area (Å²) in [5.41, 5.74) is 1.88. The number of nitrogens with one attached hydrogen (secondary N) is 2. The molecule has 6 nitrogen and oxygen atoms in total. The van der Waals surface area contributed by atoms with E-state index in [1.165, 1.54) is 11.8 Å². The van der Waals surface area contributed by atoms with Crippen LogP contribution in [-0.4, -0.2) is 28.2 Å². The van der Waals surface area contributed by atoms with Crippen LogP contribution in [0.3, 0.4) is 0 Å². The molecule has 2 unspecified atom stereocenters. The number of aromatic amines is 1. The summed E-state index contributed by atoms with van der Waals surface area (Å²) >= 11 is 2.80. The van der Waals surface area contributed by atoms with Gasteiger partial charge in [0.05, 0.1) is 17.7 Å². The molecule has 0 saturated heterocycles. The van der Waals surface area contributed by atoms with Crippen molar-refractivity contribution in [2.45, 2.75) is 57.5 Å². The molecule has 1 aromatic carbocycles. The molecular formula is C23H29N3O3S2. The summed E-state index contributed by atoms with van der Waals surface area (Å²) < 4.78 is 5.33. The highest BCUT2D eigenvalue weighted by atomic mass is 32.2. The van der Waals surface area contributed by atoms with Gasteiger partial charge in [0.2, 0.25) is 5.91 Å². The molecule has 0 bridgehead atoms. The summed E-state index contributed by atoms with van der Waals surface area (Å²) in [5, 5.41) is 3.68. The van der Waals surface area contributed by atoms with Crippen molar-refractivity contribution in [2.24, 2.45) is 5.92 Å². The lowest BCUT2D eigenvalue weighted by atomic mass is 9.98. The molecule has 0 aliphatic carbocycles. The van der Waals surface area contributed by atoms with Crippen molar-refractivity contribution in [3.8, 4) is 5.75 Å². The van der Waals surface area contributed by atoms with Crippen molar-refractivity contribution in [3.05, 3.63) is 50.6 Å². The zero-order chi connectivity index (χ0) is 22.5. The van der Waals surface area contributed by atoms with Crippen molar-refractivity contribution >= 4 is 39.2 Å². The summed E-state index contributed by atoms with van der Waals surface area (Å²) in [5.74, 6) is 1.12. The molecule has 1 amide bonds. The van der Waals surface area contributed by atoms with E-state index in [4.69, 9.17) is 4.74 Å². The molecule has 2 heterocycles. The highest BCUT2D eigenvalue weighted by Crippen LogP contribution is 2.31. The Hall–Kier alpha value is -2.32. The van der Waals surface area contributed by atoms with E-state index in [-0.39, 0.29) is 11.5 Å². The number of carbonyl (C=O) groups is 1. The molecule has 8 heteroatoms. The van der Waals surface area contributed by atoms with Crippen LogP contribution in [0.25, 0.3) is 10.2 Å². The number of para-hydroxylation sites is 1. The van der Waals surface area contributed by atoms with Crippen LogP contribution in [0.15, 0.2) is 34.2 Å². The third-order valence-corrected chi connectivity index (χ3v) is 7.42. The second kappa shape index (κ2) is 10.3. The molecule has 0 spiro atoms. The Morgan fingerprint density at radius 1 is 1.32 bits per heavy atom. The first kappa shape index (κ1) is 23.3. The number of aryl methyl sites for hydroxylation is 1. The van der Waals surface area contributed by atoms with E-state index in [1.54, 1.807) is 25.4 Å². The third kappa shape index (κ3) is 5.49. The Kier molecular flexibility index (Phi) is 7.78. The second-order valence-electron chi connectivity index (χ2n) is 7.70. The van der Waals surface area contributed by atoms with Gasteiger partial charge < -0.3 is 15.0 Å². The maximum Gasteiger partial charge on any atom is 0.260 e. The predicted octanol–water partition coefficient (Wildman–Crippen LogP) is 4.69.